The molecule has 2 aromatic rings. The Morgan fingerprint density at radius 1 is 1.20 bits per heavy atom. The molecule has 1 aromatic heterocycles. The third kappa shape index (κ3) is 3.84. The highest BCUT2D eigenvalue weighted by Crippen LogP contribution is 2.20. The number of carbonyl (C=O) groups excluding carboxylic acids is 1. The summed E-state index contributed by atoms with van der Waals surface area (Å²) in [5.74, 6) is -0.287. The number of aromatic amines is 1. The van der Waals surface area contributed by atoms with E-state index < -0.39 is 11.6 Å². The number of amides is 1. The van der Waals surface area contributed by atoms with Crippen molar-refractivity contribution in [3.05, 3.63) is 23.8 Å². The van der Waals surface area contributed by atoms with Crippen molar-refractivity contribution in [2.45, 2.75) is 26.4 Å². The molecule has 0 bridgehead atoms. The number of rotatable bonds is 2. The number of carboxylic acids is 1. The lowest BCUT2D eigenvalue weighted by molar-refractivity contribution is 0.0240. The maximum absolute atomic E-state index is 12.1. The topological polar surface area (TPSA) is 98.8 Å². The van der Waals surface area contributed by atoms with Crippen molar-refractivity contribution in [3.63, 3.8) is 0 Å². The van der Waals surface area contributed by atoms with Crippen molar-refractivity contribution in [2.24, 2.45) is 0 Å². The second-order valence-corrected chi connectivity index (χ2v) is 7.05. The zero-order valence-corrected chi connectivity index (χ0v) is 14.6. The number of hydrogen-bond donors (Lipinski definition) is 2. The maximum atomic E-state index is 12.1. The number of benzene rings is 1. The minimum atomic E-state index is -0.968. The Kier molecular flexibility index (Phi) is 4.28. The van der Waals surface area contributed by atoms with Crippen LogP contribution in [-0.4, -0.2) is 63.8 Å². The summed E-state index contributed by atoms with van der Waals surface area (Å²) in [6.45, 7) is 7.90. The zero-order valence-electron chi connectivity index (χ0n) is 14.6. The average molecular weight is 346 g/mol. The quantitative estimate of drug-likeness (QED) is 0.866. The number of anilines is 1. The normalized spacial score (nSPS) is 15.5. The third-order valence-electron chi connectivity index (χ3n) is 3.95. The predicted molar refractivity (Wildman–Crippen MR) is 93.1 cm³/mol. The number of aromatic nitrogens is 2. The largest absolute Gasteiger partial charge is 0.478 e. The molecule has 134 valence electrons. The monoisotopic (exact) mass is 346 g/mol. The highest BCUT2D eigenvalue weighted by molar-refractivity contribution is 5.92. The summed E-state index contributed by atoms with van der Waals surface area (Å²) >= 11 is 0. The molecular formula is C17H22N4O4. The molecule has 2 heterocycles. The lowest BCUT2D eigenvalue weighted by atomic mass is 10.2. The summed E-state index contributed by atoms with van der Waals surface area (Å²) in [4.78, 5) is 34.6. The van der Waals surface area contributed by atoms with Gasteiger partial charge in [-0.3, -0.25) is 0 Å². The van der Waals surface area contributed by atoms with Gasteiger partial charge in [0.15, 0.2) is 0 Å². The van der Waals surface area contributed by atoms with Crippen molar-refractivity contribution < 1.29 is 19.4 Å². The number of H-pyrrole nitrogens is 1. The second-order valence-electron chi connectivity index (χ2n) is 7.05. The second kappa shape index (κ2) is 6.27. The first-order chi connectivity index (χ1) is 11.7. The van der Waals surface area contributed by atoms with Crippen molar-refractivity contribution in [1.29, 1.82) is 0 Å². The van der Waals surface area contributed by atoms with Crippen LogP contribution < -0.4 is 4.90 Å². The number of nitrogens with zero attached hydrogens (tertiary/aromatic N) is 3. The van der Waals surface area contributed by atoms with Gasteiger partial charge in [0.25, 0.3) is 0 Å². The molecule has 0 spiro atoms. The fourth-order valence-electron chi connectivity index (χ4n) is 2.71. The van der Waals surface area contributed by atoms with E-state index in [9.17, 15) is 9.59 Å². The van der Waals surface area contributed by atoms with Gasteiger partial charge < -0.3 is 24.6 Å². The summed E-state index contributed by atoms with van der Waals surface area (Å²) in [5.41, 5.74) is 1.12. The minimum Gasteiger partial charge on any atom is -0.478 e. The van der Waals surface area contributed by atoms with E-state index in [4.69, 9.17) is 9.84 Å². The van der Waals surface area contributed by atoms with Gasteiger partial charge in [-0.25, -0.2) is 14.6 Å². The van der Waals surface area contributed by atoms with Gasteiger partial charge in [0.1, 0.15) is 5.60 Å². The number of ether oxygens (including phenoxy) is 1. The van der Waals surface area contributed by atoms with Gasteiger partial charge >= 0.3 is 12.1 Å². The van der Waals surface area contributed by atoms with Crippen LogP contribution in [0.25, 0.3) is 11.0 Å². The van der Waals surface area contributed by atoms with Crippen LogP contribution in [0.4, 0.5) is 10.7 Å². The van der Waals surface area contributed by atoms with Crippen LogP contribution in [0.5, 0.6) is 0 Å². The summed E-state index contributed by atoms with van der Waals surface area (Å²) in [6, 6.07) is 4.80. The Hall–Kier alpha value is -2.77. The zero-order chi connectivity index (χ0) is 18.2. The molecule has 3 rings (SSSR count). The number of nitrogens with one attached hydrogen (secondary N) is 1. The van der Waals surface area contributed by atoms with E-state index in [0.29, 0.717) is 37.6 Å². The van der Waals surface area contributed by atoms with Gasteiger partial charge in [0.2, 0.25) is 5.95 Å². The molecule has 8 nitrogen and oxygen atoms in total. The summed E-state index contributed by atoms with van der Waals surface area (Å²) in [7, 11) is 0. The fraction of sp³-hybridized carbons (Fsp3) is 0.471. The lowest BCUT2D eigenvalue weighted by Gasteiger charge is -2.35. The molecule has 0 saturated carbocycles. The van der Waals surface area contributed by atoms with Gasteiger partial charge in [-0.15, -0.1) is 0 Å². The smallest absolute Gasteiger partial charge is 0.410 e. The molecule has 0 unspecified atom stereocenters. The lowest BCUT2D eigenvalue weighted by Crippen LogP contribution is -2.50. The Morgan fingerprint density at radius 2 is 1.88 bits per heavy atom. The van der Waals surface area contributed by atoms with Crippen LogP contribution in [0.15, 0.2) is 18.2 Å². The predicted octanol–water partition coefficient (Wildman–Crippen LogP) is 2.32. The molecule has 2 N–H and O–H groups in total. The molecule has 1 aliphatic heterocycles. The standard InChI is InChI=1S/C17H22N4O4/c1-17(2,3)25-16(24)21-8-6-20(7-9-21)15-18-12-5-4-11(14(22)23)10-13(12)19-15/h4-5,10H,6-9H2,1-3H3,(H,18,19)(H,22,23). The third-order valence-corrected chi connectivity index (χ3v) is 3.95. The minimum absolute atomic E-state index is 0.220. The van der Waals surface area contributed by atoms with Crippen molar-refractivity contribution in [2.75, 3.05) is 31.1 Å². The number of hydrogen-bond acceptors (Lipinski definition) is 5. The first-order valence-corrected chi connectivity index (χ1v) is 8.19. The Labute approximate surface area is 145 Å². The first-order valence-electron chi connectivity index (χ1n) is 8.19. The molecule has 1 amide bonds. The van der Waals surface area contributed by atoms with Crippen LogP contribution in [0.1, 0.15) is 31.1 Å². The van der Waals surface area contributed by atoms with Gasteiger partial charge in [-0.05, 0) is 39.0 Å². The van der Waals surface area contributed by atoms with Crippen molar-refractivity contribution in [1.82, 2.24) is 14.9 Å². The molecule has 0 atom stereocenters. The summed E-state index contributed by atoms with van der Waals surface area (Å²) in [5, 5.41) is 9.07. The van der Waals surface area contributed by atoms with Crippen LogP contribution in [0.2, 0.25) is 0 Å². The van der Waals surface area contributed by atoms with Gasteiger partial charge in [0, 0.05) is 26.2 Å². The Balaban J connectivity index is 1.67. The van der Waals surface area contributed by atoms with Crippen LogP contribution in [-0.2, 0) is 4.74 Å². The Bertz CT molecular complexity index is 801. The van der Waals surface area contributed by atoms with E-state index in [1.807, 2.05) is 25.7 Å². The van der Waals surface area contributed by atoms with E-state index in [0.717, 1.165) is 5.52 Å². The van der Waals surface area contributed by atoms with Gasteiger partial charge in [-0.1, -0.05) is 0 Å². The van der Waals surface area contributed by atoms with E-state index in [1.165, 1.54) is 6.07 Å². The number of fused-ring (bicyclic) bond motifs is 1. The number of imidazole rings is 1. The first kappa shape index (κ1) is 17.1. The summed E-state index contributed by atoms with van der Waals surface area (Å²) < 4.78 is 5.39. The number of carboxylic acid groups (broad SMARTS) is 1. The van der Waals surface area contributed by atoms with Gasteiger partial charge in [0.05, 0.1) is 16.6 Å². The van der Waals surface area contributed by atoms with Gasteiger partial charge in [-0.2, -0.15) is 0 Å². The van der Waals surface area contributed by atoms with Crippen molar-refractivity contribution in [3.8, 4) is 0 Å². The van der Waals surface area contributed by atoms with Crippen molar-refractivity contribution >= 4 is 29.0 Å². The number of carbonyl (C=O) groups is 2. The van der Waals surface area contributed by atoms with Crippen LogP contribution in [0, 0.1) is 0 Å². The van der Waals surface area contributed by atoms with E-state index >= 15 is 0 Å². The fourth-order valence-corrected chi connectivity index (χ4v) is 2.71. The molecule has 0 radical (unpaired) electrons. The summed E-state index contributed by atoms with van der Waals surface area (Å²) in [6.07, 6.45) is -0.303. The number of piperazine rings is 1. The molecule has 1 aliphatic rings. The molecular weight excluding hydrogens is 324 g/mol. The molecule has 1 saturated heterocycles. The number of aromatic carboxylic acids is 1. The molecule has 0 aliphatic carbocycles. The van der Waals surface area contributed by atoms with E-state index in [1.54, 1.807) is 17.0 Å². The van der Waals surface area contributed by atoms with E-state index in [-0.39, 0.29) is 11.7 Å². The molecule has 1 fully saturated rings. The molecule has 1 aromatic carbocycles. The van der Waals surface area contributed by atoms with E-state index in [2.05, 4.69) is 9.97 Å². The average Bonchev–Trinajstić information content (AvgIpc) is 2.96. The Morgan fingerprint density at radius 3 is 2.48 bits per heavy atom. The SMILES string of the molecule is CC(C)(C)OC(=O)N1CCN(c2nc3ccc(C(=O)O)cc3[nH]2)CC1. The highest BCUT2D eigenvalue weighted by Gasteiger charge is 2.26. The molecule has 25 heavy (non-hydrogen) atoms. The van der Waals surface area contributed by atoms with Crippen LogP contribution >= 0.6 is 0 Å². The highest BCUT2D eigenvalue weighted by atomic mass is 16.6. The maximum Gasteiger partial charge on any atom is 0.410 e. The molecule has 8 heteroatoms. The van der Waals surface area contributed by atoms with Crippen LogP contribution in [0.3, 0.4) is 0 Å².